The van der Waals surface area contributed by atoms with Crippen molar-refractivity contribution in [1.82, 2.24) is 15.3 Å². The van der Waals surface area contributed by atoms with Crippen molar-refractivity contribution < 1.29 is 13.9 Å². The molecule has 0 radical (unpaired) electrons. The van der Waals surface area contributed by atoms with E-state index in [9.17, 15) is 9.18 Å². The average Bonchev–Trinajstić information content (AvgIpc) is 2.82. The van der Waals surface area contributed by atoms with E-state index in [1.54, 1.807) is 12.3 Å². The number of pyridine rings is 2. The van der Waals surface area contributed by atoms with Crippen LogP contribution in [0, 0.1) is 5.82 Å². The zero-order valence-electron chi connectivity index (χ0n) is 18.2. The molecule has 33 heavy (non-hydrogen) atoms. The van der Waals surface area contributed by atoms with E-state index in [0.29, 0.717) is 17.8 Å². The highest BCUT2D eigenvalue weighted by Crippen LogP contribution is 2.34. The zero-order chi connectivity index (χ0) is 22.8. The van der Waals surface area contributed by atoms with Crippen LogP contribution in [0.15, 0.2) is 66.9 Å². The fraction of sp³-hybridized carbons (Fsp3) is 0.154. The number of rotatable bonds is 6. The molecule has 4 aromatic rings. The van der Waals surface area contributed by atoms with Crippen molar-refractivity contribution in [2.45, 2.75) is 19.8 Å². The lowest BCUT2D eigenvalue weighted by atomic mass is 10.1. The van der Waals surface area contributed by atoms with Crippen LogP contribution in [0.2, 0.25) is 0 Å². The summed E-state index contributed by atoms with van der Waals surface area (Å²) in [7, 11) is 0. The van der Waals surface area contributed by atoms with Crippen molar-refractivity contribution in [1.29, 1.82) is 0 Å². The van der Waals surface area contributed by atoms with Crippen molar-refractivity contribution in [3.63, 3.8) is 0 Å². The molecule has 2 aromatic heterocycles. The van der Waals surface area contributed by atoms with Gasteiger partial charge in [-0.15, -0.1) is 4.68 Å². The third-order valence-corrected chi connectivity index (χ3v) is 5.57. The maximum Gasteiger partial charge on any atom is 0.374 e. The standard InChI is InChI=1S/C26H22FN5O/c1-2-3-12-29-26(33)20-8-7-19(15-21(20)27)23-10-11-24-25(30-23)32(31-24)16-17-6-9-22-18(14-17)5-4-13-28-22/h4-11,13-16H,2-3,12H2,1H3,(H-,29,31,33)/p+1. The third kappa shape index (κ3) is 4.17. The molecule has 6 nitrogen and oxygen atoms in total. The smallest absolute Gasteiger partial charge is 0.352 e. The van der Waals surface area contributed by atoms with Gasteiger partial charge in [0, 0.05) is 29.3 Å². The third-order valence-electron chi connectivity index (χ3n) is 5.57. The Bertz CT molecular complexity index is 1400. The summed E-state index contributed by atoms with van der Waals surface area (Å²) in [5, 5.41) is 3.81. The molecule has 0 saturated heterocycles. The first-order chi connectivity index (χ1) is 16.1. The molecule has 164 valence electrons. The number of hydrogen-bond donors (Lipinski definition) is 2. The minimum Gasteiger partial charge on any atom is -0.352 e. The molecule has 1 amide bonds. The van der Waals surface area contributed by atoms with E-state index >= 15 is 0 Å². The molecule has 0 fully saturated rings. The Morgan fingerprint density at radius 1 is 1.15 bits per heavy atom. The van der Waals surface area contributed by atoms with Gasteiger partial charge in [-0.05, 0) is 66.0 Å². The van der Waals surface area contributed by atoms with Gasteiger partial charge in [0.15, 0.2) is 11.4 Å². The lowest BCUT2D eigenvalue weighted by Crippen LogP contribution is -2.27. The maximum atomic E-state index is 14.7. The fourth-order valence-corrected chi connectivity index (χ4v) is 3.76. The first-order valence-corrected chi connectivity index (χ1v) is 11.0. The first kappa shape index (κ1) is 20.8. The molecule has 1 aliphatic heterocycles. The summed E-state index contributed by atoms with van der Waals surface area (Å²) in [6.07, 6.45) is 5.56. The number of nitrogens with one attached hydrogen (secondary N) is 2. The van der Waals surface area contributed by atoms with E-state index in [1.165, 1.54) is 12.1 Å². The highest BCUT2D eigenvalue weighted by Gasteiger charge is 2.30. The van der Waals surface area contributed by atoms with Gasteiger partial charge < -0.3 is 5.32 Å². The van der Waals surface area contributed by atoms with Gasteiger partial charge in [-0.2, -0.15) is 0 Å². The number of amides is 1. The van der Waals surface area contributed by atoms with Crippen LogP contribution in [-0.4, -0.2) is 33.3 Å². The molecule has 3 heterocycles. The number of hydrazone groups is 1. The highest BCUT2D eigenvalue weighted by molar-refractivity contribution is 5.95. The summed E-state index contributed by atoms with van der Waals surface area (Å²) >= 11 is 0. The van der Waals surface area contributed by atoms with E-state index in [4.69, 9.17) is 4.98 Å². The fourth-order valence-electron chi connectivity index (χ4n) is 3.76. The summed E-state index contributed by atoms with van der Waals surface area (Å²) in [6.45, 7) is 2.58. The van der Waals surface area contributed by atoms with Crippen LogP contribution >= 0.6 is 0 Å². The van der Waals surface area contributed by atoms with Crippen LogP contribution in [0.3, 0.4) is 0 Å². The second kappa shape index (κ2) is 8.78. The summed E-state index contributed by atoms with van der Waals surface area (Å²) < 4.78 is 16.5. The molecule has 2 aromatic carbocycles. The molecule has 5 rings (SSSR count). The SMILES string of the molecule is CCCCNC(=O)c1ccc(-c2ccc3c(n2)[N+](=Cc2ccc4ncccc4c2)N3)cc1F. The van der Waals surface area contributed by atoms with Crippen LogP contribution in [0.25, 0.3) is 22.2 Å². The van der Waals surface area contributed by atoms with Gasteiger partial charge in [-0.1, -0.05) is 19.4 Å². The molecule has 0 atom stereocenters. The summed E-state index contributed by atoms with van der Waals surface area (Å²) in [5.74, 6) is -0.203. The highest BCUT2D eigenvalue weighted by atomic mass is 19.1. The first-order valence-electron chi connectivity index (χ1n) is 11.0. The summed E-state index contributed by atoms with van der Waals surface area (Å²) in [6, 6.07) is 18.3. The van der Waals surface area contributed by atoms with E-state index in [2.05, 4.69) is 21.8 Å². The Morgan fingerprint density at radius 2 is 2.06 bits per heavy atom. The molecule has 0 spiro atoms. The molecular weight excluding hydrogens is 417 g/mol. The Kier molecular flexibility index (Phi) is 5.52. The number of unbranched alkanes of at least 4 members (excludes halogenated alkanes) is 1. The Morgan fingerprint density at radius 3 is 2.91 bits per heavy atom. The van der Waals surface area contributed by atoms with E-state index in [0.717, 1.165) is 40.8 Å². The van der Waals surface area contributed by atoms with Crippen LogP contribution in [0.5, 0.6) is 0 Å². The number of nitrogens with zero attached hydrogens (tertiary/aromatic N) is 3. The molecular formula is C26H23FN5O+. The second-order valence-electron chi connectivity index (χ2n) is 7.94. The van der Waals surface area contributed by atoms with Crippen LogP contribution in [-0.2, 0) is 0 Å². The van der Waals surface area contributed by atoms with Gasteiger partial charge >= 0.3 is 5.82 Å². The molecule has 1 aliphatic rings. The average molecular weight is 441 g/mol. The molecule has 0 bridgehead atoms. The number of hydrazine groups is 1. The summed E-state index contributed by atoms with van der Waals surface area (Å²) in [5.41, 5.74) is 7.36. The lowest BCUT2D eigenvalue weighted by molar-refractivity contribution is -0.426. The van der Waals surface area contributed by atoms with E-state index < -0.39 is 11.7 Å². The number of carbonyl (C=O) groups excluding carboxylic acids is 1. The number of benzene rings is 2. The maximum absolute atomic E-state index is 14.7. The number of carbonyl (C=O) groups is 1. The summed E-state index contributed by atoms with van der Waals surface area (Å²) in [4.78, 5) is 21.3. The van der Waals surface area contributed by atoms with E-state index in [1.807, 2.05) is 54.2 Å². The van der Waals surface area contributed by atoms with Crippen molar-refractivity contribution in [2.24, 2.45) is 0 Å². The van der Waals surface area contributed by atoms with Gasteiger partial charge in [-0.25, -0.2) is 9.82 Å². The number of halogens is 1. The lowest BCUT2D eigenvalue weighted by Gasteiger charge is -2.17. The van der Waals surface area contributed by atoms with Crippen molar-refractivity contribution in [2.75, 3.05) is 12.0 Å². The van der Waals surface area contributed by atoms with Crippen LogP contribution < -0.4 is 10.7 Å². The van der Waals surface area contributed by atoms with Gasteiger partial charge in [-0.3, -0.25) is 9.78 Å². The van der Waals surface area contributed by atoms with E-state index in [-0.39, 0.29) is 5.56 Å². The molecule has 7 heteroatoms. The van der Waals surface area contributed by atoms with Gasteiger partial charge in [0.25, 0.3) is 5.91 Å². The number of anilines is 1. The predicted molar refractivity (Wildman–Crippen MR) is 127 cm³/mol. The molecule has 0 aliphatic carbocycles. The normalized spacial score (nSPS) is 13.3. The Hall–Kier alpha value is -4.13. The minimum atomic E-state index is -0.558. The molecule has 0 saturated carbocycles. The van der Waals surface area contributed by atoms with Gasteiger partial charge in [0.05, 0.1) is 11.1 Å². The Labute approximate surface area is 190 Å². The second-order valence-corrected chi connectivity index (χ2v) is 7.94. The molecule has 2 N–H and O–H groups in total. The molecule has 0 unspecified atom stereocenters. The van der Waals surface area contributed by atoms with Crippen LogP contribution in [0.4, 0.5) is 15.9 Å². The number of hydrogen-bond acceptors (Lipinski definition) is 4. The number of aromatic nitrogens is 2. The van der Waals surface area contributed by atoms with Crippen LogP contribution in [0.1, 0.15) is 35.7 Å². The largest absolute Gasteiger partial charge is 0.374 e. The van der Waals surface area contributed by atoms with Crippen molar-refractivity contribution in [3.8, 4) is 11.3 Å². The minimum absolute atomic E-state index is 0.0428. The predicted octanol–water partition coefficient (Wildman–Crippen LogP) is 5.07. The zero-order valence-corrected chi connectivity index (χ0v) is 18.2. The van der Waals surface area contributed by atoms with Gasteiger partial charge in [0.2, 0.25) is 0 Å². The number of fused-ring (bicyclic) bond motifs is 2. The quantitative estimate of drug-likeness (QED) is 0.324. The Balaban J connectivity index is 1.39. The monoisotopic (exact) mass is 440 g/mol. The van der Waals surface area contributed by atoms with Crippen molar-refractivity contribution >= 4 is 34.5 Å². The topological polar surface area (TPSA) is 69.9 Å². The van der Waals surface area contributed by atoms with Gasteiger partial charge in [0.1, 0.15) is 12.0 Å². The van der Waals surface area contributed by atoms with Crippen molar-refractivity contribution in [3.05, 3.63) is 83.8 Å².